The van der Waals surface area contributed by atoms with E-state index in [0.29, 0.717) is 5.41 Å². The van der Waals surface area contributed by atoms with Gasteiger partial charge in [-0.2, -0.15) is 0 Å². The Morgan fingerprint density at radius 1 is 1.25 bits per heavy atom. The minimum atomic E-state index is 0. The molecule has 2 aliphatic rings. The van der Waals surface area contributed by atoms with Gasteiger partial charge in [-0.15, -0.1) is 24.8 Å². The van der Waals surface area contributed by atoms with E-state index in [1.54, 1.807) is 0 Å². The number of nitrogens with zero attached hydrogens (tertiary/aromatic N) is 1. The summed E-state index contributed by atoms with van der Waals surface area (Å²) in [5.41, 5.74) is 0.688. The van der Waals surface area contributed by atoms with Crippen LogP contribution in [0.2, 0.25) is 0 Å². The number of hydrogen-bond acceptors (Lipinski definition) is 2. The number of piperidine rings is 1. The number of halogens is 2. The van der Waals surface area contributed by atoms with Crippen LogP contribution in [0, 0.1) is 5.41 Å². The molecule has 0 aromatic rings. The van der Waals surface area contributed by atoms with Crippen LogP contribution in [0.5, 0.6) is 0 Å². The van der Waals surface area contributed by atoms with Crippen molar-refractivity contribution in [3.8, 4) is 0 Å². The van der Waals surface area contributed by atoms with Crippen LogP contribution in [0.25, 0.3) is 0 Å². The largest absolute Gasteiger partial charge is 0.316 e. The first-order valence-electron chi connectivity index (χ1n) is 4.20. The Bertz CT molecular complexity index is 120. The zero-order valence-corrected chi connectivity index (χ0v) is 9.14. The quantitative estimate of drug-likeness (QED) is 0.649. The molecule has 0 aromatic heterocycles. The summed E-state index contributed by atoms with van der Waals surface area (Å²) in [4.78, 5) is 2.41. The van der Waals surface area contributed by atoms with Crippen LogP contribution in [0.1, 0.15) is 12.8 Å². The van der Waals surface area contributed by atoms with Crippen molar-refractivity contribution in [1.82, 2.24) is 10.2 Å². The highest BCUT2D eigenvalue weighted by Crippen LogP contribution is 2.34. The van der Waals surface area contributed by atoms with E-state index in [9.17, 15) is 0 Å². The van der Waals surface area contributed by atoms with Gasteiger partial charge in [0.15, 0.2) is 0 Å². The molecule has 0 radical (unpaired) electrons. The minimum absolute atomic E-state index is 0. The first-order valence-corrected chi connectivity index (χ1v) is 4.20. The van der Waals surface area contributed by atoms with Crippen molar-refractivity contribution in [3.05, 3.63) is 0 Å². The Morgan fingerprint density at radius 2 is 1.92 bits per heavy atom. The average Bonchev–Trinajstić information content (AvgIpc) is 1.87. The second-order valence-corrected chi connectivity index (χ2v) is 3.95. The predicted octanol–water partition coefficient (Wildman–Crippen LogP) is 1.15. The van der Waals surface area contributed by atoms with Gasteiger partial charge < -0.3 is 10.2 Å². The van der Waals surface area contributed by atoms with E-state index in [2.05, 4.69) is 17.3 Å². The number of rotatable bonds is 0. The third-order valence-corrected chi connectivity index (χ3v) is 2.77. The van der Waals surface area contributed by atoms with Crippen LogP contribution in [-0.2, 0) is 0 Å². The molecular formula is C8H18Cl2N2. The van der Waals surface area contributed by atoms with Crippen molar-refractivity contribution >= 4 is 24.8 Å². The molecule has 0 saturated carbocycles. The zero-order chi connectivity index (χ0) is 7.03. The fourth-order valence-corrected chi connectivity index (χ4v) is 2.40. The van der Waals surface area contributed by atoms with Gasteiger partial charge in [0, 0.05) is 25.0 Å². The van der Waals surface area contributed by atoms with Crippen molar-refractivity contribution in [2.75, 3.05) is 33.2 Å². The Kier molecular flexibility index (Phi) is 4.85. The van der Waals surface area contributed by atoms with Crippen molar-refractivity contribution in [3.63, 3.8) is 0 Å². The monoisotopic (exact) mass is 212 g/mol. The molecule has 0 unspecified atom stereocenters. The van der Waals surface area contributed by atoms with E-state index in [4.69, 9.17) is 0 Å². The molecule has 0 amide bonds. The summed E-state index contributed by atoms with van der Waals surface area (Å²) in [6, 6.07) is 0. The normalized spacial score (nSPS) is 26.8. The number of hydrogen-bond donors (Lipinski definition) is 1. The van der Waals surface area contributed by atoms with E-state index in [0.717, 1.165) is 0 Å². The van der Waals surface area contributed by atoms with Crippen molar-refractivity contribution < 1.29 is 0 Å². The fourth-order valence-electron chi connectivity index (χ4n) is 2.40. The Labute approximate surface area is 86.9 Å². The number of nitrogens with one attached hydrogen (secondary N) is 1. The van der Waals surface area contributed by atoms with Gasteiger partial charge >= 0.3 is 0 Å². The second kappa shape index (κ2) is 4.66. The molecule has 0 atom stereocenters. The second-order valence-electron chi connectivity index (χ2n) is 3.95. The lowest BCUT2D eigenvalue weighted by Gasteiger charge is -2.51. The summed E-state index contributed by atoms with van der Waals surface area (Å²) in [6.07, 6.45) is 2.83. The molecule has 2 rings (SSSR count). The SMILES string of the molecule is CN1CC2(CCCNC2)C1.Cl.Cl. The lowest BCUT2D eigenvalue weighted by atomic mass is 9.74. The van der Waals surface area contributed by atoms with Crippen LogP contribution in [0.3, 0.4) is 0 Å². The summed E-state index contributed by atoms with van der Waals surface area (Å²) in [5, 5.41) is 3.47. The first kappa shape index (κ1) is 12.5. The van der Waals surface area contributed by atoms with Gasteiger partial charge in [0.05, 0.1) is 0 Å². The Balaban J connectivity index is 0.000000605. The maximum atomic E-state index is 3.47. The lowest BCUT2D eigenvalue weighted by Crippen LogP contribution is -2.60. The van der Waals surface area contributed by atoms with E-state index >= 15 is 0 Å². The highest BCUT2D eigenvalue weighted by molar-refractivity contribution is 5.85. The molecular weight excluding hydrogens is 195 g/mol. The van der Waals surface area contributed by atoms with Gasteiger partial charge in [-0.05, 0) is 26.4 Å². The van der Waals surface area contributed by atoms with Crippen LogP contribution < -0.4 is 5.32 Å². The van der Waals surface area contributed by atoms with Crippen LogP contribution in [-0.4, -0.2) is 38.1 Å². The topological polar surface area (TPSA) is 15.3 Å². The van der Waals surface area contributed by atoms with Gasteiger partial charge in [0.2, 0.25) is 0 Å². The Hall–Kier alpha value is 0.500. The van der Waals surface area contributed by atoms with Crippen molar-refractivity contribution in [2.24, 2.45) is 5.41 Å². The van der Waals surface area contributed by atoms with Crippen LogP contribution in [0.15, 0.2) is 0 Å². The van der Waals surface area contributed by atoms with Crippen molar-refractivity contribution in [1.29, 1.82) is 0 Å². The van der Waals surface area contributed by atoms with Gasteiger partial charge in [-0.25, -0.2) is 0 Å². The molecule has 74 valence electrons. The smallest absolute Gasteiger partial charge is 0.00825 e. The highest BCUT2D eigenvalue weighted by Gasteiger charge is 2.41. The molecule has 4 heteroatoms. The molecule has 2 aliphatic heterocycles. The van der Waals surface area contributed by atoms with E-state index in [-0.39, 0.29) is 24.8 Å². The number of likely N-dealkylation sites (tertiary alicyclic amines) is 1. The van der Waals surface area contributed by atoms with Gasteiger partial charge in [0.25, 0.3) is 0 Å². The van der Waals surface area contributed by atoms with Crippen LogP contribution >= 0.6 is 24.8 Å². The highest BCUT2D eigenvalue weighted by atomic mass is 35.5. The molecule has 0 aliphatic carbocycles. The molecule has 12 heavy (non-hydrogen) atoms. The summed E-state index contributed by atoms with van der Waals surface area (Å²) in [5.74, 6) is 0. The molecule has 0 aromatic carbocycles. The first-order chi connectivity index (χ1) is 4.81. The van der Waals surface area contributed by atoms with E-state index < -0.39 is 0 Å². The van der Waals surface area contributed by atoms with Gasteiger partial charge in [-0.3, -0.25) is 0 Å². The summed E-state index contributed by atoms with van der Waals surface area (Å²) >= 11 is 0. The molecule has 2 heterocycles. The molecule has 2 fully saturated rings. The third kappa shape index (κ3) is 2.25. The van der Waals surface area contributed by atoms with Crippen molar-refractivity contribution in [2.45, 2.75) is 12.8 Å². The molecule has 1 N–H and O–H groups in total. The van der Waals surface area contributed by atoms with Gasteiger partial charge in [-0.1, -0.05) is 0 Å². The Morgan fingerprint density at radius 3 is 2.33 bits per heavy atom. The zero-order valence-electron chi connectivity index (χ0n) is 7.51. The lowest BCUT2D eigenvalue weighted by molar-refractivity contribution is 0.00201. The third-order valence-electron chi connectivity index (χ3n) is 2.77. The fraction of sp³-hybridized carbons (Fsp3) is 1.00. The van der Waals surface area contributed by atoms with E-state index in [1.807, 2.05) is 0 Å². The summed E-state index contributed by atoms with van der Waals surface area (Å²) in [7, 11) is 2.21. The molecule has 0 bridgehead atoms. The predicted molar refractivity (Wildman–Crippen MR) is 56.5 cm³/mol. The summed E-state index contributed by atoms with van der Waals surface area (Å²) in [6.45, 7) is 5.14. The van der Waals surface area contributed by atoms with E-state index in [1.165, 1.54) is 39.0 Å². The minimum Gasteiger partial charge on any atom is -0.316 e. The average molecular weight is 213 g/mol. The van der Waals surface area contributed by atoms with Gasteiger partial charge in [0.1, 0.15) is 0 Å². The van der Waals surface area contributed by atoms with Crippen LogP contribution in [0.4, 0.5) is 0 Å². The maximum Gasteiger partial charge on any atom is 0.00825 e. The molecule has 1 spiro atoms. The maximum absolute atomic E-state index is 3.47. The summed E-state index contributed by atoms with van der Waals surface area (Å²) < 4.78 is 0. The molecule has 2 saturated heterocycles. The molecule has 2 nitrogen and oxygen atoms in total. The standard InChI is InChI=1S/C8H16N2.2ClH/c1-10-6-8(7-10)3-2-4-9-5-8;;/h9H,2-7H2,1H3;2*1H.